The second-order valence-corrected chi connectivity index (χ2v) is 8.22. The fourth-order valence-corrected chi connectivity index (χ4v) is 4.06. The van der Waals surface area contributed by atoms with Gasteiger partial charge in [0, 0.05) is 75.3 Å². The van der Waals surface area contributed by atoms with Crippen molar-refractivity contribution in [2.75, 3.05) is 51.2 Å². The number of benzene rings is 1. The van der Waals surface area contributed by atoms with Gasteiger partial charge in [0.25, 0.3) is 0 Å². The standard InChI is InChI=1S/C22H34ClN7.HI/c1-17-21(18(2)28(4)27-17)16-26-22(24-3)25-9-6-10-29-11-13-30(14-12-29)20-8-5-7-19(23)15-20;/h5,7-8,15H,6,9-14,16H2,1-4H3,(H2,24,25,26);1H. The van der Waals surface area contributed by atoms with E-state index in [4.69, 9.17) is 11.6 Å². The monoisotopic (exact) mass is 559 g/mol. The number of guanidine groups is 1. The summed E-state index contributed by atoms with van der Waals surface area (Å²) in [7, 11) is 3.79. The number of nitrogens with zero attached hydrogens (tertiary/aromatic N) is 5. The zero-order valence-electron chi connectivity index (χ0n) is 19.0. The molecule has 2 N–H and O–H groups in total. The van der Waals surface area contributed by atoms with Crippen LogP contribution in [0.15, 0.2) is 29.3 Å². The smallest absolute Gasteiger partial charge is 0.191 e. The second-order valence-electron chi connectivity index (χ2n) is 7.79. The number of halogens is 2. The maximum atomic E-state index is 6.13. The van der Waals surface area contributed by atoms with Crippen LogP contribution in [-0.2, 0) is 13.6 Å². The van der Waals surface area contributed by atoms with Crippen molar-refractivity contribution < 1.29 is 0 Å². The van der Waals surface area contributed by atoms with Crippen molar-refractivity contribution in [2.24, 2.45) is 12.0 Å². The zero-order chi connectivity index (χ0) is 21.5. The molecule has 7 nitrogen and oxygen atoms in total. The van der Waals surface area contributed by atoms with Gasteiger partial charge in [-0.05, 0) is 45.0 Å². The highest BCUT2D eigenvalue weighted by Crippen LogP contribution is 2.20. The molecule has 0 aliphatic carbocycles. The Bertz CT molecular complexity index is 860. The molecule has 1 aliphatic rings. The van der Waals surface area contributed by atoms with Crippen LogP contribution in [0.25, 0.3) is 0 Å². The molecule has 2 heterocycles. The van der Waals surface area contributed by atoms with Gasteiger partial charge in [0.2, 0.25) is 0 Å². The first-order chi connectivity index (χ1) is 14.5. The van der Waals surface area contributed by atoms with Crippen molar-refractivity contribution >= 4 is 47.2 Å². The number of aromatic nitrogens is 2. The Kier molecular flexibility index (Phi) is 10.4. The summed E-state index contributed by atoms with van der Waals surface area (Å²) in [5.41, 5.74) is 4.71. The lowest BCUT2D eigenvalue weighted by atomic mass is 10.2. The van der Waals surface area contributed by atoms with E-state index in [1.54, 1.807) is 0 Å². The molecule has 1 aliphatic heterocycles. The molecule has 1 fully saturated rings. The van der Waals surface area contributed by atoms with E-state index in [0.29, 0.717) is 0 Å². The lowest BCUT2D eigenvalue weighted by molar-refractivity contribution is 0.255. The summed E-state index contributed by atoms with van der Waals surface area (Å²) < 4.78 is 1.93. The van der Waals surface area contributed by atoms with Crippen LogP contribution >= 0.6 is 35.6 Å². The minimum Gasteiger partial charge on any atom is -0.369 e. The number of piperazine rings is 1. The van der Waals surface area contributed by atoms with Crippen molar-refractivity contribution in [1.82, 2.24) is 25.3 Å². The Balaban J connectivity index is 0.00000341. The van der Waals surface area contributed by atoms with Crippen LogP contribution in [-0.4, -0.2) is 67.0 Å². The first-order valence-electron chi connectivity index (χ1n) is 10.6. The van der Waals surface area contributed by atoms with E-state index in [2.05, 4.69) is 43.5 Å². The van der Waals surface area contributed by atoms with Gasteiger partial charge < -0.3 is 15.5 Å². The quantitative estimate of drug-likeness (QED) is 0.236. The number of rotatable bonds is 7. The van der Waals surface area contributed by atoms with Crippen molar-refractivity contribution in [1.29, 1.82) is 0 Å². The molecule has 1 aromatic heterocycles. The van der Waals surface area contributed by atoms with Crippen LogP contribution in [0.1, 0.15) is 23.4 Å². The van der Waals surface area contributed by atoms with E-state index in [-0.39, 0.29) is 24.0 Å². The molecule has 0 spiro atoms. The van der Waals surface area contributed by atoms with Crippen LogP contribution in [0, 0.1) is 13.8 Å². The lowest BCUT2D eigenvalue weighted by Gasteiger charge is -2.36. The van der Waals surface area contributed by atoms with E-state index < -0.39 is 0 Å². The highest BCUT2D eigenvalue weighted by atomic mass is 127. The van der Waals surface area contributed by atoms with Crippen molar-refractivity contribution in [3.8, 4) is 0 Å². The normalized spacial score (nSPS) is 15.0. The molecule has 3 rings (SSSR count). The molecule has 0 radical (unpaired) electrons. The van der Waals surface area contributed by atoms with Gasteiger partial charge in [0.1, 0.15) is 0 Å². The van der Waals surface area contributed by atoms with E-state index in [0.717, 1.165) is 68.9 Å². The third-order valence-electron chi connectivity index (χ3n) is 5.80. The Morgan fingerprint density at radius 1 is 1.16 bits per heavy atom. The number of nitrogens with one attached hydrogen (secondary N) is 2. The van der Waals surface area contributed by atoms with Crippen LogP contribution in [0.5, 0.6) is 0 Å². The molecule has 1 aromatic carbocycles. The first kappa shape index (κ1) is 25.7. The average molecular weight is 560 g/mol. The van der Waals surface area contributed by atoms with Gasteiger partial charge in [-0.15, -0.1) is 24.0 Å². The molecule has 0 unspecified atom stereocenters. The van der Waals surface area contributed by atoms with Gasteiger partial charge in [-0.2, -0.15) is 5.10 Å². The number of aliphatic imine (C=N–C) groups is 1. The van der Waals surface area contributed by atoms with E-state index >= 15 is 0 Å². The van der Waals surface area contributed by atoms with Crippen LogP contribution in [0.4, 0.5) is 5.69 Å². The molecular formula is C22H35ClIN7. The van der Waals surface area contributed by atoms with Crippen molar-refractivity contribution in [2.45, 2.75) is 26.8 Å². The minimum atomic E-state index is 0. The molecule has 9 heteroatoms. The topological polar surface area (TPSA) is 60.7 Å². The maximum absolute atomic E-state index is 6.13. The summed E-state index contributed by atoms with van der Waals surface area (Å²) in [6.07, 6.45) is 1.09. The van der Waals surface area contributed by atoms with Crippen molar-refractivity contribution in [3.05, 3.63) is 46.2 Å². The molecular weight excluding hydrogens is 525 g/mol. The van der Waals surface area contributed by atoms with Gasteiger partial charge in [-0.3, -0.25) is 14.6 Å². The number of hydrogen-bond donors (Lipinski definition) is 2. The summed E-state index contributed by atoms with van der Waals surface area (Å²) in [4.78, 5) is 9.28. The fraction of sp³-hybridized carbons (Fsp3) is 0.545. The molecule has 2 aromatic rings. The van der Waals surface area contributed by atoms with E-state index in [9.17, 15) is 0 Å². The molecule has 1 saturated heterocycles. The molecule has 31 heavy (non-hydrogen) atoms. The van der Waals surface area contributed by atoms with Gasteiger partial charge in [-0.1, -0.05) is 17.7 Å². The van der Waals surface area contributed by atoms with Gasteiger partial charge >= 0.3 is 0 Å². The average Bonchev–Trinajstić information content (AvgIpc) is 2.99. The van der Waals surface area contributed by atoms with Gasteiger partial charge in [0.05, 0.1) is 5.69 Å². The number of aryl methyl sites for hydroxylation is 2. The molecule has 172 valence electrons. The third kappa shape index (κ3) is 7.25. The van der Waals surface area contributed by atoms with Crippen LogP contribution in [0.3, 0.4) is 0 Å². The lowest BCUT2D eigenvalue weighted by Crippen LogP contribution is -2.47. The largest absolute Gasteiger partial charge is 0.369 e. The summed E-state index contributed by atoms with van der Waals surface area (Å²) in [5, 5.41) is 12.1. The third-order valence-corrected chi connectivity index (χ3v) is 6.04. The molecule has 0 bridgehead atoms. The van der Waals surface area contributed by atoms with Gasteiger partial charge in [-0.25, -0.2) is 0 Å². The highest BCUT2D eigenvalue weighted by Gasteiger charge is 2.17. The number of anilines is 1. The maximum Gasteiger partial charge on any atom is 0.191 e. The minimum absolute atomic E-state index is 0. The van der Waals surface area contributed by atoms with Gasteiger partial charge in [0.15, 0.2) is 5.96 Å². The first-order valence-corrected chi connectivity index (χ1v) is 11.0. The summed E-state index contributed by atoms with van der Waals surface area (Å²) in [6.45, 7) is 11.1. The Morgan fingerprint density at radius 3 is 2.52 bits per heavy atom. The van der Waals surface area contributed by atoms with Crippen molar-refractivity contribution in [3.63, 3.8) is 0 Å². The summed E-state index contributed by atoms with van der Waals surface area (Å²) in [5.74, 6) is 0.837. The molecule has 0 atom stereocenters. The predicted molar refractivity (Wildman–Crippen MR) is 141 cm³/mol. The highest BCUT2D eigenvalue weighted by molar-refractivity contribution is 14.0. The molecule has 0 saturated carbocycles. The Morgan fingerprint density at radius 2 is 1.90 bits per heavy atom. The predicted octanol–water partition coefficient (Wildman–Crippen LogP) is 3.19. The van der Waals surface area contributed by atoms with Crippen LogP contribution < -0.4 is 15.5 Å². The Labute approximate surface area is 208 Å². The SMILES string of the molecule is CN=C(NCCCN1CCN(c2cccc(Cl)c2)CC1)NCc1c(C)nn(C)c1C.I. The van der Waals surface area contributed by atoms with E-state index in [1.807, 2.05) is 43.9 Å². The zero-order valence-corrected chi connectivity index (χ0v) is 22.1. The van der Waals surface area contributed by atoms with Crippen LogP contribution in [0.2, 0.25) is 5.02 Å². The number of hydrogen-bond acceptors (Lipinski definition) is 4. The fourth-order valence-electron chi connectivity index (χ4n) is 3.88. The Hall–Kier alpha value is -1.52. The second kappa shape index (κ2) is 12.5. The van der Waals surface area contributed by atoms with E-state index in [1.165, 1.54) is 16.9 Å². The summed E-state index contributed by atoms with van der Waals surface area (Å²) >= 11 is 6.13. The summed E-state index contributed by atoms with van der Waals surface area (Å²) in [6, 6.07) is 8.14. The molecule has 0 amide bonds.